The predicted octanol–water partition coefficient (Wildman–Crippen LogP) is 4.27. The Bertz CT molecular complexity index is 803. The van der Waals surface area contributed by atoms with Crippen LogP contribution in [0.5, 0.6) is 0 Å². The molecule has 1 aliphatic heterocycles. The summed E-state index contributed by atoms with van der Waals surface area (Å²) in [5, 5.41) is 0. The molecule has 1 aliphatic rings. The maximum atomic E-state index is 13.2. The van der Waals surface area contributed by atoms with Crippen molar-refractivity contribution in [3.8, 4) is 0 Å². The highest BCUT2D eigenvalue weighted by molar-refractivity contribution is 7.85. The van der Waals surface area contributed by atoms with Crippen LogP contribution >= 0.6 is 0 Å². The quantitative estimate of drug-likeness (QED) is 0.639. The van der Waals surface area contributed by atoms with Gasteiger partial charge < -0.3 is 0 Å². The summed E-state index contributed by atoms with van der Waals surface area (Å²) in [6.07, 6.45) is -7.36. The molecule has 0 fully saturated rings. The zero-order valence-electron chi connectivity index (χ0n) is 14.2. The number of hydrogen-bond donors (Lipinski definition) is 0. The molecular weight excluding hydrogens is 401 g/mol. The third kappa shape index (κ3) is 4.94. The second-order valence-corrected chi connectivity index (χ2v) is 7.49. The van der Waals surface area contributed by atoms with Crippen molar-refractivity contribution in [3.63, 3.8) is 0 Å². The largest absolute Gasteiger partial charge is 0.454 e. The van der Waals surface area contributed by atoms with E-state index in [2.05, 4.69) is 9.98 Å². The molecule has 0 saturated heterocycles. The van der Waals surface area contributed by atoms with Gasteiger partial charge in [-0.2, -0.15) is 22.0 Å². The van der Waals surface area contributed by atoms with Crippen molar-refractivity contribution in [1.29, 1.82) is 0 Å². The topological polar surface area (TPSA) is 41.8 Å². The average molecular weight is 416 g/mol. The highest BCUT2D eigenvalue weighted by Gasteiger charge is 2.58. The number of nitrogens with zero attached hydrogens (tertiary/aromatic N) is 2. The lowest BCUT2D eigenvalue weighted by Gasteiger charge is -2.20. The normalized spacial score (nSPS) is 18.9. The van der Waals surface area contributed by atoms with Gasteiger partial charge in [0.1, 0.15) is 5.75 Å². The van der Waals surface area contributed by atoms with E-state index in [1.807, 2.05) is 0 Å². The molecule has 0 N–H and O–H groups in total. The van der Waals surface area contributed by atoms with Crippen molar-refractivity contribution in [3.05, 3.63) is 28.8 Å². The number of hydrogen-bond acceptors (Lipinski definition) is 3. The molecule has 0 radical (unpaired) electrons. The summed E-state index contributed by atoms with van der Waals surface area (Å²) in [6.45, 7) is 3.10. The van der Waals surface area contributed by atoms with Gasteiger partial charge in [-0.05, 0) is 36.6 Å². The van der Waals surface area contributed by atoms with Crippen LogP contribution < -0.4 is 0 Å². The Kier molecular flexibility index (Phi) is 6.13. The molecule has 0 spiro atoms. The summed E-state index contributed by atoms with van der Waals surface area (Å²) in [4.78, 5) is 7.04. The number of halogens is 7. The minimum absolute atomic E-state index is 0.0751. The molecule has 0 bridgehead atoms. The number of rotatable bonds is 6. The first kappa shape index (κ1) is 21.5. The van der Waals surface area contributed by atoms with Gasteiger partial charge in [-0.15, -0.1) is 0 Å². The summed E-state index contributed by atoms with van der Waals surface area (Å²) in [5.41, 5.74) is 1.39. The molecule has 2 rings (SSSR count). The van der Waals surface area contributed by atoms with Crippen molar-refractivity contribution < 1.29 is 34.9 Å². The predicted molar refractivity (Wildman–Crippen MR) is 87.6 cm³/mol. The minimum Gasteiger partial charge on any atom is -0.256 e. The Balaban J connectivity index is 2.26. The first-order chi connectivity index (χ1) is 12.3. The van der Waals surface area contributed by atoms with Crippen LogP contribution in [0.3, 0.4) is 0 Å². The van der Waals surface area contributed by atoms with E-state index in [0.29, 0.717) is 16.7 Å². The third-order valence-corrected chi connectivity index (χ3v) is 5.46. The lowest BCUT2D eigenvalue weighted by molar-refractivity contribution is -0.271. The fourth-order valence-electron chi connectivity index (χ4n) is 2.50. The van der Waals surface area contributed by atoms with Crippen LogP contribution in [0.25, 0.3) is 0 Å². The molecule has 11 heteroatoms. The summed E-state index contributed by atoms with van der Waals surface area (Å²) in [7, 11) is -2.61. The zero-order valence-corrected chi connectivity index (χ0v) is 15.0. The van der Waals surface area contributed by atoms with Gasteiger partial charge in [-0.1, -0.05) is 6.07 Å². The molecule has 0 aromatic heterocycles. The van der Waals surface area contributed by atoms with Crippen molar-refractivity contribution >= 4 is 22.8 Å². The maximum Gasteiger partial charge on any atom is 0.454 e. The van der Waals surface area contributed by atoms with Crippen molar-refractivity contribution in [2.75, 3.05) is 5.75 Å². The molecule has 0 aliphatic carbocycles. The minimum atomic E-state index is -5.80. The molecule has 27 heavy (non-hydrogen) atoms. The van der Waals surface area contributed by atoms with Crippen molar-refractivity contribution in [2.24, 2.45) is 9.98 Å². The van der Waals surface area contributed by atoms with Crippen LogP contribution in [0.1, 0.15) is 16.7 Å². The molecule has 1 aromatic rings. The van der Waals surface area contributed by atoms with E-state index in [1.165, 1.54) is 25.3 Å². The number of benzene rings is 1. The summed E-state index contributed by atoms with van der Waals surface area (Å²) in [5.74, 6) is -7.61. The number of amidine groups is 1. The molecule has 0 saturated carbocycles. The Hall–Kier alpha value is -1.78. The lowest BCUT2D eigenvalue weighted by atomic mass is 10.00. The molecule has 0 amide bonds. The molecular formula is C16H15F7N2OS. The van der Waals surface area contributed by atoms with E-state index >= 15 is 0 Å². The van der Waals surface area contributed by atoms with Gasteiger partial charge in [0.2, 0.25) is 0 Å². The zero-order chi connectivity index (χ0) is 20.6. The Morgan fingerprint density at radius 2 is 1.74 bits per heavy atom. The highest BCUT2D eigenvalue weighted by Crippen LogP contribution is 2.37. The van der Waals surface area contributed by atoms with Crippen LogP contribution in [0.2, 0.25) is 0 Å². The first-order valence-electron chi connectivity index (χ1n) is 7.65. The summed E-state index contributed by atoms with van der Waals surface area (Å²) in [6, 6.07) is 2.04. The lowest BCUT2D eigenvalue weighted by Crippen LogP contribution is -2.41. The number of alkyl halides is 7. The molecule has 1 aromatic carbocycles. The molecule has 1 heterocycles. The van der Waals surface area contributed by atoms with E-state index in [0.717, 1.165) is 0 Å². The van der Waals surface area contributed by atoms with Gasteiger partial charge in [0, 0.05) is 17.5 Å². The first-order valence-corrected chi connectivity index (χ1v) is 8.97. The average Bonchev–Trinajstić information content (AvgIpc) is 2.97. The third-order valence-electron chi connectivity index (χ3n) is 3.91. The van der Waals surface area contributed by atoms with Gasteiger partial charge in [0.25, 0.3) is 6.43 Å². The van der Waals surface area contributed by atoms with Gasteiger partial charge in [-0.25, -0.2) is 13.8 Å². The van der Waals surface area contributed by atoms with Gasteiger partial charge in [0.05, 0.1) is 16.8 Å². The highest BCUT2D eigenvalue weighted by atomic mass is 32.2. The van der Waals surface area contributed by atoms with E-state index in [9.17, 15) is 34.9 Å². The number of aryl methyl sites for hydroxylation is 2. The smallest absolute Gasteiger partial charge is 0.256 e. The van der Waals surface area contributed by atoms with Crippen LogP contribution in [0, 0.1) is 13.8 Å². The Morgan fingerprint density at radius 3 is 2.26 bits per heavy atom. The van der Waals surface area contributed by atoms with Crippen LogP contribution in [-0.4, -0.2) is 46.6 Å². The molecule has 2 unspecified atom stereocenters. The van der Waals surface area contributed by atoms with Crippen LogP contribution in [-0.2, 0) is 17.2 Å². The van der Waals surface area contributed by atoms with Gasteiger partial charge in [0.15, 0.2) is 5.84 Å². The molecule has 150 valence electrons. The fourth-order valence-corrected chi connectivity index (χ4v) is 3.84. The van der Waals surface area contributed by atoms with Gasteiger partial charge in [-0.3, -0.25) is 9.20 Å². The number of aliphatic imine (C=N–C) groups is 2. The Morgan fingerprint density at radius 1 is 1.11 bits per heavy atom. The van der Waals surface area contributed by atoms with E-state index in [1.54, 1.807) is 6.92 Å². The summed E-state index contributed by atoms with van der Waals surface area (Å²) < 4.78 is 101. The van der Waals surface area contributed by atoms with E-state index in [-0.39, 0.29) is 11.3 Å². The summed E-state index contributed by atoms with van der Waals surface area (Å²) >= 11 is 0. The van der Waals surface area contributed by atoms with Crippen LogP contribution in [0.15, 0.2) is 27.0 Å². The van der Waals surface area contributed by atoms with Crippen molar-refractivity contribution in [1.82, 2.24) is 0 Å². The SMILES string of the molecule is Cc1cc(C)c(S(=O)CC(F)(F)C(F)(F)F)cc1CC1C=NC(C(F)F)=N1. The molecule has 2 atom stereocenters. The standard InChI is InChI=1S/C16H15F7N2OS/c1-8-3-9(2)12(27(26)7-15(19,20)16(21,22)23)5-10(8)4-11-6-24-14(25-11)13(17)18/h3,5-6,11,13H,4,7H2,1-2H3. The Labute approximate surface area is 152 Å². The second-order valence-electron chi connectivity index (χ2n) is 6.07. The van der Waals surface area contributed by atoms with Crippen molar-refractivity contribution in [2.45, 2.75) is 49.7 Å². The van der Waals surface area contributed by atoms with Gasteiger partial charge >= 0.3 is 12.1 Å². The monoisotopic (exact) mass is 416 g/mol. The van der Waals surface area contributed by atoms with E-state index < -0.39 is 47.0 Å². The maximum absolute atomic E-state index is 13.2. The molecule has 3 nitrogen and oxygen atoms in total. The van der Waals surface area contributed by atoms with Crippen LogP contribution in [0.4, 0.5) is 30.7 Å². The fraction of sp³-hybridized carbons (Fsp3) is 0.500. The second kappa shape index (κ2) is 7.69. The van der Waals surface area contributed by atoms with E-state index in [4.69, 9.17) is 0 Å².